The van der Waals surface area contributed by atoms with Crippen LogP contribution in [-0.4, -0.2) is 50.1 Å². The van der Waals surface area contributed by atoms with Crippen LogP contribution in [0.2, 0.25) is 5.02 Å². The summed E-state index contributed by atoms with van der Waals surface area (Å²) in [6.45, 7) is 7.71. The van der Waals surface area contributed by atoms with Gasteiger partial charge in [0.25, 0.3) is 5.91 Å². The average Bonchev–Trinajstić information content (AvgIpc) is 3.19. The summed E-state index contributed by atoms with van der Waals surface area (Å²) in [4.78, 5) is 21.4. The van der Waals surface area contributed by atoms with E-state index in [2.05, 4.69) is 40.2 Å². The molecule has 1 saturated heterocycles. The molecule has 5 rings (SSSR count). The summed E-state index contributed by atoms with van der Waals surface area (Å²) in [5.41, 5.74) is 5.59. The van der Waals surface area contributed by atoms with Crippen LogP contribution in [0.25, 0.3) is 6.08 Å². The minimum absolute atomic E-state index is 0.0835. The number of benzene rings is 1. The number of rotatable bonds is 5. The Balaban J connectivity index is 1.10. The number of nitrogens with one attached hydrogen (secondary N) is 1. The van der Waals surface area contributed by atoms with Gasteiger partial charge in [-0.2, -0.15) is 0 Å². The summed E-state index contributed by atoms with van der Waals surface area (Å²) in [5, 5.41) is 3.95. The second kappa shape index (κ2) is 9.80. The van der Waals surface area contributed by atoms with E-state index in [1.165, 1.54) is 47.4 Å². The van der Waals surface area contributed by atoms with Crippen LogP contribution in [0.15, 0.2) is 23.1 Å². The monoisotopic (exact) mass is 487 g/mol. The molecule has 0 unspecified atom stereocenters. The Morgan fingerprint density at radius 3 is 2.78 bits per heavy atom. The van der Waals surface area contributed by atoms with Gasteiger partial charge in [0.1, 0.15) is 0 Å². The van der Waals surface area contributed by atoms with Gasteiger partial charge in [0, 0.05) is 65.5 Å². The second-order valence-electron chi connectivity index (χ2n) is 8.87. The van der Waals surface area contributed by atoms with E-state index in [9.17, 15) is 4.79 Å². The summed E-state index contributed by atoms with van der Waals surface area (Å²) in [7, 11) is 0. The van der Waals surface area contributed by atoms with Crippen molar-refractivity contribution in [2.75, 3.05) is 44.2 Å². The molecular weight excluding hydrogens is 458 g/mol. The first-order valence-corrected chi connectivity index (χ1v) is 13.8. The van der Waals surface area contributed by atoms with Gasteiger partial charge in [-0.05, 0) is 67.5 Å². The molecule has 2 aliphatic heterocycles. The first-order chi connectivity index (χ1) is 15.6. The molecule has 1 aromatic heterocycles. The molecule has 0 bridgehead atoms. The normalized spacial score (nSPS) is 18.7. The van der Waals surface area contributed by atoms with Crippen molar-refractivity contribution < 1.29 is 4.79 Å². The first kappa shape index (κ1) is 22.3. The molecule has 3 heterocycles. The van der Waals surface area contributed by atoms with E-state index in [1.807, 2.05) is 17.4 Å². The molecule has 1 aliphatic carbocycles. The predicted molar refractivity (Wildman–Crippen MR) is 138 cm³/mol. The van der Waals surface area contributed by atoms with Crippen LogP contribution in [0.4, 0.5) is 5.69 Å². The van der Waals surface area contributed by atoms with Crippen LogP contribution in [0, 0.1) is 6.92 Å². The summed E-state index contributed by atoms with van der Waals surface area (Å²) in [6.07, 6.45) is 7.20. The van der Waals surface area contributed by atoms with Gasteiger partial charge in [-0.15, -0.1) is 23.1 Å². The van der Waals surface area contributed by atoms with E-state index in [1.54, 1.807) is 22.2 Å². The standard InChI is InChI=1S/C25H30ClN3OS2/c1-17-6-7-18(26)14-21(17)29-12-10-28(11-13-29)9-8-27-25(30)24-15-23-20(16-31-24)19-4-2-3-5-22(19)32-23/h6-7,14-15H,2-5,8-13,16H2,1H3,(H,27,30). The van der Waals surface area contributed by atoms with Crippen molar-refractivity contribution in [1.82, 2.24) is 10.2 Å². The summed E-state index contributed by atoms with van der Waals surface area (Å²) < 4.78 is 0. The van der Waals surface area contributed by atoms with Crippen molar-refractivity contribution in [1.29, 1.82) is 0 Å². The maximum Gasteiger partial charge on any atom is 0.257 e. The minimum atomic E-state index is 0.0835. The van der Waals surface area contributed by atoms with Gasteiger partial charge in [0.15, 0.2) is 0 Å². The number of hydrogen-bond donors (Lipinski definition) is 1. The third-order valence-electron chi connectivity index (χ3n) is 6.77. The van der Waals surface area contributed by atoms with Gasteiger partial charge in [0.05, 0.1) is 4.91 Å². The van der Waals surface area contributed by atoms with Crippen LogP contribution in [0.3, 0.4) is 0 Å². The highest BCUT2D eigenvalue weighted by Crippen LogP contribution is 2.42. The number of halogens is 1. The van der Waals surface area contributed by atoms with Gasteiger partial charge in [0.2, 0.25) is 0 Å². The third-order valence-corrected chi connectivity index (χ3v) is 9.33. The molecule has 2 aromatic rings. The second-order valence-corrected chi connectivity index (χ2v) is 11.5. The third kappa shape index (κ3) is 4.74. The van der Waals surface area contributed by atoms with Crippen LogP contribution < -0.4 is 10.2 Å². The van der Waals surface area contributed by atoms with Crippen molar-refractivity contribution in [3.05, 3.63) is 54.6 Å². The molecule has 7 heteroatoms. The molecule has 4 nitrogen and oxygen atoms in total. The van der Waals surface area contributed by atoms with Gasteiger partial charge in [-0.1, -0.05) is 17.7 Å². The number of aryl methyl sites for hydroxylation is 2. The Kier molecular flexibility index (Phi) is 6.84. The number of carbonyl (C=O) groups excluding carboxylic acids is 1. The molecular formula is C25H30ClN3OS2. The van der Waals surface area contributed by atoms with Crippen molar-refractivity contribution in [3.8, 4) is 0 Å². The van der Waals surface area contributed by atoms with Gasteiger partial charge < -0.3 is 10.2 Å². The number of thiophene rings is 1. The van der Waals surface area contributed by atoms with E-state index in [4.69, 9.17) is 11.6 Å². The van der Waals surface area contributed by atoms with Crippen molar-refractivity contribution in [3.63, 3.8) is 0 Å². The largest absolute Gasteiger partial charge is 0.369 e. The lowest BCUT2D eigenvalue weighted by atomic mass is 9.95. The molecule has 0 spiro atoms. The number of thioether (sulfide) groups is 1. The van der Waals surface area contributed by atoms with Crippen molar-refractivity contribution in [2.24, 2.45) is 0 Å². The molecule has 1 N–H and O–H groups in total. The van der Waals surface area contributed by atoms with Crippen LogP contribution in [0.5, 0.6) is 0 Å². The lowest BCUT2D eigenvalue weighted by Gasteiger charge is -2.36. The topological polar surface area (TPSA) is 35.6 Å². The van der Waals surface area contributed by atoms with Gasteiger partial charge in [-0.3, -0.25) is 9.69 Å². The number of hydrogen-bond acceptors (Lipinski definition) is 5. The van der Waals surface area contributed by atoms with E-state index >= 15 is 0 Å². The summed E-state index contributed by atoms with van der Waals surface area (Å²) in [5.74, 6) is 1.03. The van der Waals surface area contributed by atoms with E-state index in [0.29, 0.717) is 6.54 Å². The molecule has 1 amide bonds. The molecule has 32 heavy (non-hydrogen) atoms. The van der Waals surface area contributed by atoms with E-state index in [0.717, 1.165) is 48.4 Å². The Hall–Kier alpha value is -1.47. The Bertz CT molecular complexity index is 1040. The highest BCUT2D eigenvalue weighted by Gasteiger charge is 2.25. The van der Waals surface area contributed by atoms with Crippen molar-refractivity contribution >= 4 is 52.4 Å². The highest BCUT2D eigenvalue weighted by molar-refractivity contribution is 8.03. The van der Waals surface area contributed by atoms with Crippen LogP contribution in [0.1, 0.15) is 39.3 Å². The number of anilines is 1. The predicted octanol–water partition coefficient (Wildman–Crippen LogP) is 5.11. The number of amides is 1. The number of carbonyl (C=O) groups is 1. The van der Waals surface area contributed by atoms with Crippen LogP contribution in [-0.2, 0) is 23.4 Å². The highest BCUT2D eigenvalue weighted by atomic mass is 35.5. The summed E-state index contributed by atoms with van der Waals surface area (Å²) in [6, 6.07) is 6.11. The fourth-order valence-electron chi connectivity index (χ4n) is 4.92. The Morgan fingerprint density at radius 1 is 1.12 bits per heavy atom. The fraction of sp³-hybridized carbons (Fsp3) is 0.480. The number of piperazine rings is 1. The zero-order valence-corrected chi connectivity index (χ0v) is 21.0. The molecule has 0 saturated carbocycles. The zero-order chi connectivity index (χ0) is 22.1. The van der Waals surface area contributed by atoms with Crippen LogP contribution >= 0.6 is 34.7 Å². The Labute approximate surface area is 204 Å². The maximum absolute atomic E-state index is 12.8. The zero-order valence-electron chi connectivity index (χ0n) is 18.6. The van der Waals surface area contributed by atoms with Crippen molar-refractivity contribution in [2.45, 2.75) is 38.4 Å². The minimum Gasteiger partial charge on any atom is -0.369 e. The lowest BCUT2D eigenvalue weighted by molar-refractivity contribution is -0.116. The SMILES string of the molecule is Cc1ccc(Cl)cc1N1CCN(CCNC(=O)C2=Cc3sc4c(c3CS2)CCCC4)CC1. The molecule has 1 aromatic carbocycles. The number of fused-ring (bicyclic) bond motifs is 3. The number of nitrogens with zero attached hydrogens (tertiary/aromatic N) is 2. The average molecular weight is 488 g/mol. The van der Waals surface area contributed by atoms with E-state index < -0.39 is 0 Å². The summed E-state index contributed by atoms with van der Waals surface area (Å²) >= 11 is 9.82. The molecule has 3 aliphatic rings. The van der Waals surface area contributed by atoms with E-state index in [-0.39, 0.29) is 5.91 Å². The molecule has 170 valence electrons. The lowest BCUT2D eigenvalue weighted by Crippen LogP contribution is -2.48. The smallest absolute Gasteiger partial charge is 0.257 e. The van der Waals surface area contributed by atoms with Gasteiger partial charge >= 0.3 is 0 Å². The molecule has 0 radical (unpaired) electrons. The molecule has 1 fully saturated rings. The van der Waals surface area contributed by atoms with Gasteiger partial charge in [-0.25, -0.2) is 0 Å². The fourth-order valence-corrected chi connectivity index (χ4v) is 7.64. The Morgan fingerprint density at radius 2 is 1.94 bits per heavy atom. The first-order valence-electron chi connectivity index (χ1n) is 11.6. The molecule has 0 atom stereocenters. The maximum atomic E-state index is 12.8. The quantitative estimate of drug-likeness (QED) is 0.635.